The molecule has 0 radical (unpaired) electrons. The third-order valence-electron chi connectivity index (χ3n) is 2.95. The number of hydrogen-bond acceptors (Lipinski definition) is 2. The maximum atomic E-state index is 12.0. The van der Waals surface area contributed by atoms with E-state index in [1.807, 2.05) is 34.6 Å². The van der Waals surface area contributed by atoms with Crippen molar-refractivity contribution in [3.8, 4) is 0 Å². The number of carbonyl (C=O) groups is 2. The van der Waals surface area contributed by atoms with Gasteiger partial charge in [-0.25, -0.2) is 4.79 Å². The number of urea groups is 1. The van der Waals surface area contributed by atoms with Gasteiger partial charge in [0.15, 0.2) is 0 Å². The van der Waals surface area contributed by atoms with Crippen LogP contribution >= 0.6 is 0 Å². The highest BCUT2D eigenvalue weighted by Gasteiger charge is 2.22. The average molecular weight is 272 g/mol. The molecule has 0 saturated heterocycles. The van der Waals surface area contributed by atoms with Crippen LogP contribution in [0.25, 0.3) is 0 Å². The lowest BCUT2D eigenvalue weighted by Crippen LogP contribution is -2.46. The van der Waals surface area contributed by atoms with Gasteiger partial charge in [0, 0.05) is 19.1 Å². The van der Waals surface area contributed by atoms with Gasteiger partial charge in [0.1, 0.15) is 0 Å². The van der Waals surface area contributed by atoms with Gasteiger partial charge in [-0.3, -0.25) is 4.79 Å². The van der Waals surface area contributed by atoms with Crippen LogP contribution < -0.4 is 5.32 Å². The van der Waals surface area contributed by atoms with E-state index in [1.165, 1.54) is 0 Å². The number of nitrogens with one attached hydrogen (secondary N) is 1. The van der Waals surface area contributed by atoms with Crippen molar-refractivity contribution < 1.29 is 14.7 Å². The summed E-state index contributed by atoms with van der Waals surface area (Å²) in [5.41, 5.74) is 0. The number of carboxylic acids is 1. The summed E-state index contributed by atoms with van der Waals surface area (Å²) in [4.78, 5) is 24.9. The Morgan fingerprint density at radius 3 is 2.16 bits per heavy atom. The fourth-order valence-electron chi connectivity index (χ4n) is 1.99. The maximum Gasteiger partial charge on any atom is 0.317 e. The summed E-state index contributed by atoms with van der Waals surface area (Å²) in [7, 11) is 0. The van der Waals surface area contributed by atoms with E-state index in [9.17, 15) is 9.59 Å². The molecule has 1 atom stereocenters. The number of nitrogens with zero attached hydrogens (tertiary/aromatic N) is 1. The fraction of sp³-hybridized carbons (Fsp3) is 0.857. The molecule has 0 bridgehead atoms. The number of rotatable bonds is 8. The third kappa shape index (κ3) is 7.03. The normalized spacial score (nSPS) is 12.6. The molecule has 2 N–H and O–H groups in total. The van der Waals surface area contributed by atoms with Crippen molar-refractivity contribution >= 4 is 12.0 Å². The molecule has 5 nitrogen and oxygen atoms in total. The van der Waals surface area contributed by atoms with Crippen LogP contribution in [0.2, 0.25) is 0 Å². The molecule has 0 heterocycles. The van der Waals surface area contributed by atoms with E-state index in [2.05, 4.69) is 5.32 Å². The molecule has 0 aliphatic heterocycles. The van der Waals surface area contributed by atoms with Crippen LogP contribution in [0.15, 0.2) is 0 Å². The van der Waals surface area contributed by atoms with Crippen LogP contribution in [0.3, 0.4) is 0 Å². The lowest BCUT2D eigenvalue weighted by atomic mass is 9.97. The quantitative estimate of drug-likeness (QED) is 0.713. The Morgan fingerprint density at radius 2 is 1.79 bits per heavy atom. The molecule has 2 amide bonds. The zero-order chi connectivity index (χ0) is 15.0. The molecular formula is C14H28N2O3. The van der Waals surface area contributed by atoms with E-state index in [-0.39, 0.29) is 18.6 Å². The molecule has 0 saturated carbocycles. The molecule has 0 aromatic rings. The average Bonchev–Trinajstić information content (AvgIpc) is 2.29. The topological polar surface area (TPSA) is 69.6 Å². The Hall–Kier alpha value is -1.26. The number of carboxylic acid groups (broad SMARTS) is 1. The summed E-state index contributed by atoms with van der Waals surface area (Å²) in [6.07, 6.45) is 1.46. The minimum atomic E-state index is -0.847. The second kappa shape index (κ2) is 8.77. The van der Waals surface area contributed by atoms with E-state index >= 15 is 0 Å². The van der Waals surface area contributed by atoms with E-state index in [0.29, 0.717) is 18.9 Å². The summed E-state index contributed by atoms with van der Waals surface area (Å²) in [5.74, 6) is -1.06. The molecule has 0 aliphatic rings. The predicted molar refractivity (Wildman–Crippen MR) is 76.1 cm³/mol. The highest BCUT2D eigenvalue weighted by atomic mass is 16.4. The molecule has 0 rings (SSSR count). The predicted octanol–water partition coefficient (Wildman–Crippen LogP) is 2.56. The number of amides is 2. The summed E-state index contributed by atoms with van der Waals surface area (Å²) in [5, 5.41) is 11.9. The zero-order valence-electron chi connectivity index (χ0n) is 12.8. The van der Waals surface area contributed by atoms with E-state index < -0.39 is 11.9 Å². The van der Waals surface area contributed by atoms with Crippen molar-refractivity contribution in [3.63, 3.8) is 0 Å². The van der Waals surface area contributed by atoms with Gasteiger partial charge in [-0.15, -0.1) is 0 Å². The Bertz CT molecular complexity index is 290. The first-order valence-electron chi connectivity index (χ1n) is 7.06. The van der Waals surface area contributed by atoms with Crippen LogP contribution in [-0.2, 0) is 4.79 Å². The van der Waals surface area contributed by atoms with Gasteiger partial charge >= 0.3 is 12.0 Å². The van der Waals surface area contributed by atoms with Crippen LogP contribution in [0, 0.1) is 11.8 Å². The maximum absolute atomic E-state index is 12.0. The van der Waals surface area contributed by atoms with Gasteiger partial charge in [0.05, 0.1) is 5.92 Å². The van der Waals surface area contributed by atoms with Gasteiger partial charge in [0.25, 0.3) is 0 Å². The van der Waals surface area contributed by atoms with Crippen molar-refractivity contribution in [2.75, 3.05) is 13.1 Å². The number of carbonyl (C=O) groups excluding carboxylic acids is 1. The van der Waals surface area contributed by atoms with E-state index in [0.717, 1.165) is 6.42 Å². The first-order chi connectivity index (χ1) is 8.79. The zero-order valence-corrected chi connectivity index (χ0v) is 12.8. The Morgan fingerprint density at radius 1 is 1.21 bits per heavy atom. The van der Waals surface area contributed by atoms with Crippen molar-refractivity contribution in [3.05, 3.63) is 0 Å². The van der Waals surface area contributed by atoms with Gasteiger partial charge in [0.2, 0.25) is 0 Å². The molecule has 0 aromatic heterocycles. The van der Waals surface area contributed by atoms with E-state index in [4.69, 9.17) is 5.11 Å². The molecule has 0 fully saturated rings. The van der Waals surface area contributed by atoms with Crippen LogP contribution in [0.1, 0.15) is 47.5 Å². The second-order valence-electron chi connectivity index (χ2n) is 5.64. The molecule has 5 heteroatoms. The highest BCUT2D eigenvalue weighted by Crippen LogP contribution is 2.11. The van der Waals surface area contributed by atoms with Gasteiger partial charge in [-0.2, -0.15) is 0 Å². The van der Waals surface area contributed by atoms with Crippen LogP contribution in [0.4, 0.5) is 4.79 Å². The Kier molecular flexibility index (Phi) is 8.19. The SMILES string of the molecule is CCCN(C(=O)NCC(CC(C)C)C(=O)O)C(C)C. The monoisotopic (exact) mass is 272 g/mol. The molecular weight excluding hydrogens is 244 g/mol. The molecule has 112 valence electrons. The molecule has 19 heavy (non-hydrogen) atoms. The van der Waals surface area contributed by atoms with Crippen molar-refractivity contribution in [1.82, 2.24) is 10.2 Å². The summed E-state index contributed by atoms with van der Waals surface area (Å²) in [6.45, 7) is 10.8. The molecule has 0 aliphatic carbocycles. The smallest absolute Gasteiger partial charge is 0.317 e. The fourth-order valence-corrected chi connectivity index (χ4v) is 1.99. The third-order valence-corrected chi connectivity index (χ3v) is 2.95. The lowest BCUT2D eigenvalue weighted by Gasteiger charge is -2.27. The van der Waals surface area contributed by atoms with Crippen molar-refractivity contribution in [2.45, 2.75) is 53.5 Å². The summed E-state index contributed by atoms with van der Waals surface area (Å²) in [6, 6.07) is -0.0554. The van der Waals surface area contributed by atoms with Crippen LogP contribution in [-0.4, -0.2) is 41.1 Å². The van der Waals surface area contributed by atoms with Gasteiger partial charge in [-0.05, 0) is 32.6 Å². The van der Waals surface area contributed by atoms with Gasteiger partial charge < -0.3 is 15.3 Å². The van der Waals surface area contributed by atoms with E-state index in [1.54, 1.807) is 4.90 Å². The largest absolute Gasteiger partial charge is 0.481 e. The minimum absolute atomic E-state index is 0.119. The van der Waals surface area contributed by atoms with Crippen molar-refractivity contribution in [1.29, 1.82) is 0 Å². The molecule has 0 spiro atoms. The second-order valence-corrected chi connectivity index (χ2v) is 5.64. The minimum Gasteiger partial charge on any atom is -0.481 e. The molecule has 1 unspecified atom stereocenters. The van der Waals surface area contributed by atoms with Gasteiger partial charge in [-0.1, -0.05) is 20.8 Å². The summed E-state index contributed by atoms with van der Waals surface area (Å²) >= 11 is 0. The lowest BCUT2D eigenvalue weighted by molar-refractivity contribution is -0.142. The summed E-state index contributed by atoms with van der Waals surface area (Å²) < 4.78 is 0. The first-order valence-corrected chi connectivity index (χ1v) is 7.06. The Balaban J connectivity index is 4.41. The standard InChI is InChI=1S/C14H28N2O3/c1-6-7-16(11(4)5)14(19)15-9-12(13(17)18)8-10(2)3/h10-12H,6-9H2,1-5H3,(H,15,19)(H,17,18). The highest BCUT2D eigenvalue weighted by molar-refractivity contribution is 5.76. The first kappa shape index (κ1) is 17.7. The van der Waals surface area contributed by atoms with Crippen molar-refractivity contribution in [2.24, 2.45) is 11.8 Å². The number of aliphatic carboxylic acids is 1. The number of hydrogen-bond donors (Lipinski definition) is 2. The molecule has 0 aromatic carbocycles. The Labute approximate surface area is 116 Å². The van der Waals surface area contributed by atoms with Crippen LogP contribution in [0.5, 0.6) is 0 Å².